The van der Waals surface area contributed by atoms with Gasteiger partial charge in [0, 0.05) is 12.5 Å². The fraction of sp³-hybridized carbons (Fsp3) is 0.310. The van der Waals surface area contributed by atoms with Crippen LogP contribution in [-0.2, 0) is 37.5 Å². The van der Waals surface area contributed by atoms with E-state index in [0.29, 0.717) is 45.3 Å². The maximum atomic E-state index is 14.4. The first-order chi connectivity index (χ1) is 31.8. The number of ether oxygens (including phenoxy) is 2. The van der Waals surface area contributed by atoms with Gasteiger partial charge in [-0.05, 0) is 150 Å². The molecule has 0 radical (unpaired) electrons. The third kappa shape index (κ3) is 8.81. The fourth-order valence-corrected chi connectivity index (χ4v) is 9.66. The van der Waals surface area contributed by atoms with E-state index in [1.807, 2.05) is 48.5 Å². The second kappa shape index (κ2) is 19.0. The number of hydrogen-bond acceptors (Lipinski definition) is 6. The number of aryl methyl sites for hydroxylation is 4. The molecule has 338 valence electrons. The molecule has 0 fully saturated rings. The van der Waals surface area contributed by atoms with Crippen LogP contribution in [0.1, 0.15) is 159 Å². The summed E-state index contributed by atoms with van der Waals surface area (Å²) in [4.78, 5) is 56.0. The van der Waals surface area contributed by atoms with Gasteiger partial charge in [0.25, 0.3) is 23.6 Å². The Bertz CT molecular complexity index is 2800. The van der Waals surface area contributed by atoms with Gasteiger partial charge in [-0.15, -0.1) is 0 Å². The molecule has 0 spiro atoms. The summed E-state index contributed by atoms with van der Waals surface area (Å²) in [7, 11) is 1.47. The number of benzene rings is 6. The first-order valence-electron chi connectivity index (χ1n) is 23.6. The summed E-state index contributed by atoms with van der Waals surface area (Å²) in [5.74, 6) is 0.899. The van der Waals surface area contributed by atoms with Crippen LogP contribution in [0.3, 0.4) is 0 Å². The zero-order valence-electron chi connectivity index (χ0n) is 39.6. The van der Waals surface area contributed by atoms with E-state index in [1.165, 1.54) is 39.8 Å². The highest BCUT2D eigenvalue weighted by Crippen LogP contribution is 2.40. The third-order valence-electron chi connectivity index (χ3n) is 13.3. The minimum absolute atomic E-state index is 0.299. The van der Waals surface area contributed by atoms with Crippen molar-refractivity contribution in [2.75, 3.05) is 11.9 Å². The number of rotatable bonds is 17. The maximum Gasteiger partial charge on any atom is 0.266 e. The molecule has 4 amide bonds. The lowest BCUT2D eigenvalue weighted by molar-refractivity contribution is 0.0692. The van der Waals surface area contributed by atoms with Crippen LogP contribution in [-0.4, -0.2) is 35.6 Å². The Hall–Kier alpha value is -6.80. The van der Waals surface area contributed by atoms with Gasteiger partial charge in [0.15, 0.2) is 0 Å². The third-order valence-corrected chi connectivity index (χ3v) is 13.3. The Balaban J connectivity index is 0.984. The van der Waals surface area contributed by atoms with Gasteiger partial charge in [0.05, 0.1) is 27.9 Å². The minimum atomic E-state index is -0.367. The zero-order valence-corrected chi connectivity index (χ0v) is 39.6. The van der Waals surface area contributed by atoms with Crippen molar-refractivity contribution in [3.05, 3.63) is 182 Å². The summed E-state index contributed by atoms with van der Waals surface area (Å²) in [5.41, 5.74) is 12.8. The Kier molecular flexibility index (Phi) is 13.1. The molecule has 0 atom stereocenters. The Morgan fingerprint density at radius 2 is 0.818 bits per heavy atom. The van der Waals surface area contributed by atoms with Crippen LogP contribution in [0.15, 0.2) is 109 Å². The van der Waals surface area contributed by atoms with E-state index in [-0.39, 0.29) is 29.0 Å². The molecule has 6 aromatic carbocycles. The van der Waals surface area contributed by atoms with Crippen molar-refractivity contribution in [3.63, 3.8) is 0 Å². The van der Waals surface area contributed by atoms with E-state index in [9.17, 15) is 19.2 Å². The van der Waals surface area contributed by atoms with Gasteiger partial charge >= 0.3 is 0 Å². The van der Waals surface area contributed by atoms with Gasteiger partial charge in [0.2, 0.25) is 0 Å². The van der Waals surface area contributed by atoms with E-state index in [4.69, 9.17) is 9.47 Å². The fourth-order valence-electron chi connectivity index (χ4n) is 9.66. The second-order valence-electron chi connectivity index (χ2n) is 18.4. The lowest BCUT2D eigenvalue weighted by atomic mass is 9.78. The molecule has 8 heteroatoms. The van der Waals surface area contributed by atoms with Crippen molar-refractivity contribution in [3.8, 4) is 23.0 Å². The van der Waals surface area contributed by atoms with Crippen LogP contribution in [0.2, 0.25) is 0 Å². The number of fused-ring (bicyclic) bond motifs is 2. The predicted molar refractivity (Wildman–Crippen MR) is 262 cm³/mol. The smallest absolute Gasteiger partial charge is 0.266 e. The van der Waals surface area contributed by atoms with E-state index in [0.717, 1.165) is 90.6 Å². The van der Waals surface area contributed by atoms with Gasteiger partial charge in [-0.25, -0.2) is 4.90 Å². The van der Waals surface area contributed by atoms with Gasteiger partial charge < -0.3 is 9.47 Å². The van der Waals surface area contributed by atoms with Gasteiger partial charge in [-0.1, -0.05) is 116 Å². The number of carbonyl (C=O) groups excluding carboxylic acids is 4. The molecular formula is C58H60N2O6. The molecule has 6 aromatic rings. The quantitative estimate of drug-likeness (QED) is 0.0847. The average Bonchev–Trinajstić information content (AvgIpc) is 3.67. The standard InChI is InChI=1S/C58H60N2O6/c1-9-13-39-30-37(31-40(14-10-2)36(39)5)29-38-32-41(15-11-3)53(42(33-38)16-12-4)60-56(63)50-28-26-48(35-52(50)57(60)64)66-46-23-19-44(20-24-46)58(6,7)43-17-21-45(22-18-43)65-47-25-27-49-51(34-47)55(62)59(8)54(49)61/h17-28,30-35H,9-16,29H2,1-8H3. The number of carbonyl (C=O) groups is 4. The molecule has 2 heterocycles. The molecule has 2 aliphatic rings. The number of anilines is 1. The van der Waals surface area contributed by atoms with Gasteiger partial charge in [0.1, 0.15) is 23.0 Å². The second-order valence-corrected chi connectivity index (χ2v) is 18.4. The summed E-state index contributed by atoms with van der Waals surface area (Å²) in [6.07, 6.45) is 8.44. The Labute approximate surface area is 389 Å². The normalized spacial score (nSPS) is 13.5. The number of hydrogen-bond donors (Lipinski definition) is 0. The number of amides is 4. The average molecular weight is 881 g/mol. The molecular weight excluding hydrogens is 821 g/mol. The van der Waals surface area contributed by atoms with Crippen LogP contribution >= 0.6 is 0 Å². The van der Waals surface area contributed by atoms with E-state index < -0.39 is 0 Å². The van der Waals surface area contributed by atoms with Crippen molar-refractivity contribution in [2.24, 2.45) is 0 Å². The lowest BCUT2D eigenvalue weighted by Gasteiger charge is -2.26. The highest BCUT2D eigenvalue weighted by molar-refractivity contribution is 6.35. The maximum absolute atomic E-state index is 14.4. The van der Waals surface area contributed by atoms with Gasteiger partial charge in [-0.2, -0.15) is 0 Å². The molecule has 0 saturated heterocycles. The molecule has 8 nitrogen and oxygen atoms in total. The van der Waals surface area contributed by atoms with E-state index in [1.54, 1.807) is 36.4 Å². The largest absolute Gasteiger partial charge is 0.457 e. The van der Waals surface area contributed by atoms with Crippen LogP contribution in [0.25, 0.3) is 0 Å². The molecule has 0 aliphatic carbocycles. The molecule has 2 aliphatic heterocycles. The van der Waals surface area contributed by atoms with E-state index in [2.05, 4.69) is 72.7 Å². The summed E-state index contributed by atoms with van der Waals surface area (Å²) in [6.45, 7) is 15.3. The van der Waals surface area contributed by atoms with Crippen molar-refractivity contribution < 1.29 is 28.7 Å². The minimum Gasteiger partial charge on any atom is -0.457 e. The van der Waals surface area contributed by atoms with Gasteiger partial charge in [-0.3, -0.25) is 24.1 Å². The molecule has 0 N–H and O–H groups in total. The number of nitrogens with zero attached hydrogens (tertiary/aromatic N) is 2. The van der Waals surface area contributed by atoms with E-state index >= 15 is 0 Å². The highest BCUT2D eigenvalue weighted by atomic mass is 16.5. The molecule has 0 bridgehead atoms. The molecule has 8 rings (SSSR count). The topological polar surface area (TPSA) is 93.2 Å². The number of imide groups is 2. The van der Waals surface area contributed by atoms with Crippen LogP contribution < -0.4 is 14.4 Å². The first kappa shape index (κ1) is 45.8. The van der Waals surface area contributed by atoms with Crippen LogP contribution in [0, 0.1) is 6.92 Å². The SMILES string of the molecule is CCCc1cc(Cc2cc(CCC)c(N3C(=O)c4ccc(Oc5ccc(C(C)(C)c6ccc(Oc7ccc8c(c7)C(=O)N(C)C8=O)cc6)cc5)cc4C3=O)c(CCC)c2)cc(CCC)c1C. The Morgan fingerprint density at radius 3 is 1.27 bits per heavy atom. The van der Waals surface area contributed by atoms with Crippen molar-refractivity contribution in [2.45, 2.75) is 112 Å². The van der Waals surface area contributed by atoms with Crippen LogP contribution in [0.4, 0.5) is 5.69 Å². The summed E-state index contributed by atoms with van der Waals surface area (Å²) < 4.78 is 12.4. The highest BCUT2D eigenvalue weighted by Gasteiger charge is 2.39. The summed E-state index contributed by atoms with van der Waals surface area (Å²) >= 11 is 0. The molecule has 0 aromatic heterocycles. The van der Waals surface area contributed by atoms with Crippen LogP contribution in [0.5, 0.6) is 23.0 Å². The first-order valence-corrected chi connectivity index (χ1v) is 23.6. The van der Waals surface area contributed by atoms with Crippen molar-refractivity contribution in [1.82, 2.24) is 4.90 Å². The molecule has 0 saturated carbocycles. The summed E-state index contributed by atoms with van der Waals surface area (Å²) in [6, 6.07) is 35.1. The summed E-state index contributed by atoms with van der Waals surface area (Å²) in [5, 5.41) is 0. The zero-order chi connectivity index (χ0) is 46.9. The molecule has 0 unspecified atom stereocenters. The predicted octanol–water partition coefficient (Wildman–Crippen LogP) is 13.3. The Morgan fingerprint density at radius 1 is 0.455 bits per heavy atom. The lowest BCUT2D eigenvalue weighted by Crippen LogP contribution is -2.31. The monoisotopic (exact) mass is 880 g/mol. The van der Waals surface area contributed by atoms with Crippen molar-refractivity contribution in [1.29, 1.82) is 0 Å². The van der Waals surface area contributed by atoms with Crippen molar-refractivity contribution >= 4 is 29.3 Å². The molecule has 66 heavy (non-hydrogen) atoms.